The lowest BCUT2D eigenvalue weighted by Crippen LogP contribution is -2.43. The molecule has 0 N–H and O–H groups in total. The number of benzene rings is 1. The normalized spacial score (nSPS) is 17.8. The number of hydrogen-bond donors (Lipinski definition) is 0. The summed E-state index contributed by atoms with van der Waals surface area (Å²) >= 11 is 0. The van der Waals surface area contributed by atoms with Crippen LogP contribution in [-0.4, -0.2) is 48.7 Å². The lowest BCUT2D eigenvalue weighted by molar-refractivity contribution is -0.387. The molecule has 7 nitrogen and oxygen atoms in total. The van der Waals surface area contributed by atoms with Crippen molar-refractivity contribution in [3.63, 3.8) is 0 Å². The summed E-state index contributed by atoms with van der Waals surface area (Å²) in [5.41, 5.74) is -0.808. The summed E-state index contributed by atoms with van der Waals surface area (Å²) in [6, 6.07) is 2.86. The number of rotatable bonds is 2. The van der Waals surface area contributed by atoms with Crippen LogP contribution in [0.2, 0.25) is 0 Å². The molecule has 1 aliphatic rings. The van der Waals surface area contributed by atoms with E-state index in [1.54, 1.807) is 0 Å². The Labute approximate surface area is 114 Å². The molecular weight excluding hydrogens is 291 g/mol. The Morgan fingerprint density at radius 1 is 1.30 bits per heavy atom. The van der Waals surface area contributed by atoms with E-state index in [2.05, 4.69) is 0 Å². The van der Waals surface area contributed by atoms with Crippen molar-refractivity contribution >= 4 is 21.4 Å². The molecule has 0 spiro atoms. The van der Waals surface area contributed by atoms with Gasteiger partial charge in [-0.25, -0.2) is 8.42 Å². The maximum absolute atomic E-state index is 13.2. The Morgan fingerprint density at radius 3 is 2.45 bits per heavy atom. The SMILES string of the molecule is O=C(c1ccc(F)c([N+](=O)[O-])c1)N1CCS(=O)(=O)CC1. The number of hydrogen-bond acceptors (Lipinski definition) is 5. The zero-order valence-corrected chi connectivity index (χ0v) is 11.1. The van der Waals surface area contributed by atoms with E-state index in [9.17, 15) is 27.7 Å². The van der Waals surface area contributed by atoms with Crippen LogP contribution in [0, 0.1) is 15.9 Å². The van der Waals surface area contributed by atoms with Gasteiger partial charge >= 0.3 is 5.69 Å². The molecule has 1 aliphatic heterocycles. The van der Waals surface area contributed by atoms with Crippen molar-refractivity contribution < 1.29 is 22.5 Å². The minimum absolute atomic E-state index is 0.0302. The van der Waals surface area contributed by atoms with Gasteiger partial charge in [0.25, 0.3) is 5.91 Å². The fourth-order valence-electron chi connectivity index (χ4n) is 1.88. The smallest absolute Gasteiger partial charge is 0.305 e. The molecule has 0 aliphatic carbocycles. The van der Waals surface area contributed by atoms with Crippen molar-refractivity contribution in [3.8, 4) is 0 Å². The summed E-state index contributed by atoms with van der Waals surface area (Å²) < 4.78 is 35.7. The summed E-state index contributed by atoms with van der Waals surface area (Å²) in [5, 5.41) is 10.6. The number of carbonyl (C=O) groups excluding carboxylic acids is 1. The van der Waals surface area contributed by atoms with E-state index < -0.39 is 32.2 Å². The van der Waals surface area contributed by atoms with E-state index >= 15 is 0 Å². The number of carbonyl (C=O) groups is 1. The number of nitro groups is 1. The lowest BCUT2D eigenvalue weighted by Gasteiger charge is -2.26. The van der Waals surface area contributed by atoms with Gasteiger partial charge in [-0.3, -0.25) is 14.9 Å². The van der Waals surface area contributed by atoms with Crippen molar-refractivity contribution in [2.45, 2.75) is 0 Å². The highest BCUT2D eigenvalue weighted by Gasteiger charge is 2.27. The summed E-state index contributed by atoms with van der Waals surface area (Å²) in [6.07, 6.45) is 0. The predicted octanol–water partition coefficient (Wildman–Crippen LogP) is 0.605. The lowest BCUT2D eigenvalue weighted by atomic mass is 10.1. The van der Waals surface area contributed by atoms with Gasteiger partial charge < -0.3 is 4.90 Å². The average molecular weight is 302 g/mol. The Bertz CT molecular complexity index is 659. The maximum atomic E-state index is 13.2. The van der Waals surface area contributed by atoms with E-state index in [4.69, 9.17) is 0 Å². The third kappa shape index (κ3) is 2.93. The molecular formula is C11H11FN2O5S. The molecule has 1 aromatic rings. The molecule has 20 heavy (non-hydrogen) atoms. The molecule has 2 rings (SSSR count). The molecule has 9 heteroatoms. The minimum Gasteiger partial charge on any atom is -0.337 e. The number of nitro benzene ring substituents is 1. The third-order valence-corrected chi connectivity index (χ3v) is 4.63. The van der Waals surface area contributed by atoms with Crippen LogP contribution in [0.3, 0.4) is 0 Å². The number of nitrogens with zero attached hydrogens (tertiary/aromatic N) is 2. The summed E-state index contributed by atoms with van der Waals surface area (Å²) in [4.78, 5) is 23.1. The summed E-state index contributed by atoms with van der Waals surface area (Å²) in [6.45, 7) is 0.0681. The van der Waals surface area contributed by atoms with E-state index in [-0.39, 0.29) is 30.2 Å². The Morgan fingerprint density at radius 2 is 1.90 bits per heavy atom. The first-order valence-electron chi connectivity index (χ1n) is 5.74. The fourth-order valence-corrected chi connectivity index (χ4v) is 3.08. The molecule has 0 atom stereocenters. The molecule has 1 fully saturated rings. The second-order valence-corrected chi connectivity index (χ2v) is 6.67. The van der Waals surface area contributed by atoms with Gasteiger partial charge in [-0.05, 0) is 12.1 Å². The van der Waals surface area contributed by atoms with Crippen LogP contribution in [0.1, 0.15) is 10.4 Å². The van der Waals surface area contributed by atoms with E-state index in [0.29, 0.717) is 0 Å². The highest BCUT2D eigenvalue weighted by molar-refractivity contribution is 7.91. The zero-order chi connectivity index (χ0) is 14.9. The van der Waals surface area contributed by atoms with Gasteiger partial charge in [0.05, 0.1) is 16.4 Å². The van der Waals surface area contributed by atoms with Gasteiger partial charge in [-0.15, -0.1) is 0 Å². The largest absolute Gasteiger partial charge is 0.337 e. The van der Waals surface area contributed by atoms with Crippen molar-refractivity contribution in [1.29, 1.82) is 0 Å². The van der Waals surface area contributed by atoms with Crippen LogP contribution in [-0.2, 0) is 9.84 Å². The third-order valence-electron chi connectivity index (χ3n) is 3.02. The highest BCUT2D eigenvalue weighted by atomic mass is 32.2. The van der Waals surface area contributed by atoms with Crippen LogP contribution >= 0.6 is 0 Å². The summed E-state index contributed by atoms with van der Waals surface area (Å²) in [7, 11) is -3.12. The van der Waals surface area contributed by atoms with Crippen molar-refractivity contribution in [3.05, 3.63) is 39.7 Å². The predicted molar refractivity (Wildman–Crippen MR) is 67.6 cm³/mol. The minimum atomic E-state index is -3.12. The Balaban J connectivity index is 2.22. The van der Waals surface area contributed by atoms with Crippen LogP contribution in [0.4, 0.5) is 10.1 Å². The first-order chi connectivity index (χ1) is 9.30. The van der Waals surface area contributed by atoms with Crippen LogP contribution in [0.5, 0.6) is 0 Å². The molecule has 0 radical (unpaired) electrons. The molecule has 1 aromatic carbocycles. The molecule has 0 unspecified atom stereocenters. The summed E-state index contributed by atoms with van der Waals surface area (Å²) in [5.74, 6) is -1.83. The molecule has 108 valence electrons. The second kappa shape index (κ2) is 5.16. The van der Waals surface area contributed by atoms with Gasteiger partial charge in [-0.2, -0.15) is 4.39 Å². The molecule has 1 heterocycles. The number of amides is 1. The second-order valence-electron chi connectivity index (χ2n) is 4.37. The quantitative estimate of drug-likeness (QED) is 0.588. The standard InChI is InChI=1S/C11H11FN2O5S/c12-9-2-1-8(7-10(9)14(16)17)11(15)13-3-5-20(18,19)6-4-13/h1-2,7H,3-6H2. The van der Waals surface area contributed by atoms with Crippen LogP contribution in [0.25, 0.3) is 0 Å². The number of sulfone groups is 1. The van der Waals surface area contributed by atoms with Crippen LogP contribution in [0.15, 0.2) is 18.2 Å². The van der Waals surface area contributed by atoms with Gasteiger partial charge in [0.2, 0.25) is 5.82 Å². The number of halogens is 1. The van der Waals surface area contributed by atoms with Gasteiger partial charge in [-0.1, -0.05) is 0 Å². The van der Waals surface area contributed by atoms with E-state index in [1.807, 2.05) is 0 Å². The Hall–Kier alpha value is -2.03. The van der Waals surface area contributed by atoms with Crippen molar-refractivity contribution in [1.82, 2.24) is 4.90 Å². The first-order valence-corrected chi connectivity index (χ1v) is 7.56. The molecule has 0 saturated carbocycles. The molecule has 1 amide bonds. The Kier molecular flexibility index (Phi) is 3.71. The van der Waals surface area contributed by atoms with Gasteiger partial charge in [0.15, 0.2) is 9.84 Å². The van der Waals surface area contributed by atoms with Crippen LogP contribution < -0.4 is 0 Å². The zero-order valence-electron chi connectivity index (χ0n) is 10.3. The molecule has 0 bridgehead atoms. The highest BCUT2D eigenvalue weighted by Crippen LogP contribution is 2.20. The molecule has 1 saturated heterocycles. The van der Waals surface area contributed by atoms with Gasteiger partial charge in [0, 0.05) is 24.7 Å². The van der Waals surface area contributed by atoms with Crippen molar-refractivity contribution in [2.75, 3.05) is 24.6 Å². The fraction of sp³-hybridized carbons (Fsp3) is 0.364. The van der Waals surface area contributed by atoms with E-state index in [1.165, 1.54) is 4.90 Å². The molecule has 0 aromatic heterocycles. The monoisotopic (exact) mass is 302 g/mol. The van der Waals surface area contributed by atoms with Crippen molar-refractivity contribution in [2.24, 2.45) is 0 Å². The first kappa shape index (κ1) is 14.4. The maximum Gasteiger partial charge on any atom is 0.305 e. The van der Waals surface area contributed by atoms with E-state index in [0.717, 1.165) is 18.2 Å². The van der Waals surface area contributed by atoms with Gasteiger partial charge in [0.1, 0.15) is 0 Å². The topological polar surface area (TPSA) is 97.6 Å². The average Bonchev–Trinajstić information content (AvgIpc) is 2.38.